The highest BCUT2D eigenvalue weighted by molar-refractivity contribution is 7.89. The summed E-state index contributed by atoms with van der Waals surface area (Å²) in [6, 6.07) is 16.5. The van der Waals surface area contributed by atoms with Gasteiger partial charge in [0.15, 0.2) is 12.4 Å². The molecule has 35 heavy (non-hydrogen) atoms. The van der Waals surface area contributed by atoms with Gasteiger partial charge in [-0.1, -0.05) is 38.1 Å². The standard InChI is InChI=1S/C27H29NO6S/c1-18-11-19(2)16-28(15-18)35(31,32)25-6-4-5-23(14-25)27(30)34-17-26(29)22-8-7-21-13-24(33-3)10-9-20(21)12-22/h4-10,12-14,18-19H,11,15-17H2,1-3H3. The zero-order valence-electron chi connectivity index (χ0n) is 20.1. The Bertz CT molecular complexity index is 1360. The summed E-state index contributed by atoms with van der Waals surface area (Å²) >= 11 is 0. The molecule has 1 heterocycles. The Hall–Kier alpha value is -3.23. The van der Waals surface area contributed by atoms with E-state index in [0.717, 1.165) is 22.9 Å². The number of nitrogens with zero attached hydrogens (tertiary/aromatic N) is 1. The van der Waals surface area contributed by atoms with Gasteiger partial charge in [-0.3, -0.25) is 4.79 Å². The van der Waals surface area contributed by atoms with Gasteiger partial charge in [0.25, 0.3) is 0 Å². The normalized spacial score (nSPS) is 18.8. The number of hydrogen-bond acceptors (Lipinski definition) is 6. The molecule has 2 atom stereocenters. The second-order valence-corrected chi connectivity index (χ2v) is 11.2. The average molecular weight is 496 g/mol. The number of rotatable bonds is 7. The summed E-state index contributed by atoms with van der Waals surface area (Å²) in [5, 5.41) is 1.79. The number of ketones is 1. The van der Waals surface area contributed by atoms with Crippen molar-refractivity contribution < 1.29 is 27.5 Å². The number of methoxy groups -OCH3 is 1. The molecule has 184 valence electrons. The molecule has 0 radical (unpaired) electrons. The van der Waals surface area contributed by atoms with E-state index < -0.39 is 22.6 Å². The monoisotopic (exact) mass is 495 g/mol. The van der Waals surface area contributed by atoms with Crippen LogP contribution in [0, 0.1) is 11.8 Å². The largest absolute Gasteiger partial charge is 0.497 e. The Labute approximate surface area is 205 Å². The first kappa shape index (κ1) is 24.9. The van der Waals surface area contributed by atoms with Gasteiger partial charge in [-0.05, 0) is 65.4 Å². The molecule has 4 rings (SSSR count). The highest BCUT2D eigenvalue weighted by Gasteiger charge is 2.32. The molecule has 0 saturated carbocycles. The number of fused-ring (bicyclic) bond motifs is 1. The summed E-state index contributed by atoms with van der Waals surface area (Å²) in [4.78, 5) is 25.3. The second kappa shape index (κ2) is 10.2. The fourth-order valence-electron chi connectivity index (χ4n) is 4.56. The quantitative estimate of drug-likeness (QED) is 0.353. The summed E-state index contributed by atoms with van der Waals surface area (Å²) in [6.07, 6.45) is 0.984. The van der Waals surface area contributed by atoms with Crippen molar-refractivity contribution in [3.8, 4) is 5.75 Å². The van der Waals surface area contributed by atoms with Crippen LogP contribution >= 0.6 is 0 Å². The molecule has 1 saturated heterocycles. The van der Waals surface area contributed by atoms with Gasteiger partial charge in [0.1, 0.15) is 5.75 Å². The number of Topliss-reactive ketones (excluding diaryl/α,β-unsaturated/α-hetero) is 1. The Morgan fingerprint density at radius 1 is 0.914 bits per heavy atom. The Balaban J connectivity index is 1.44. The number of carbonyl (C=O) groups excluding carboxylic acids is 2. The molecule has 1 fully saturated rings. The van der Waals surface area contributed by atoms with Crippen molar-refractivity contribution in [1.82, 2.24) is 4.31 Å². The summed E-state index contributed by atoms with van der Waals surface area (Å²) in [5.74, 6) is 0.158. The molecule has 0 aromatic heterocycles. The molecule has 3 aromatic carbocycles. The van der Waals surface area contributed by atoms with Crippen molar-refractivity contribution in [3.05, 3.63) is 71.8 Å². The topological polar surface area (TPSA) is 90.0 Å². The molecular weight excluding hydrogens is 466 g/mol. The number of benzene rings is 3. The molecule has 2 unspecified atom stereocenters. The molecular formula is C27H29NO6S. The van der Waals surface area contributed by atoms with E-state index >= 15 is 0 Å². The highest BCUT2D eigenvalue weighted by atomic mass is 32.2. The number of hydrogen-bond donors (Lipinski definition) is 0. The Morgan fingerprint density at radius 2 is 1.60 bits per heavy atom. The van der Waals surface area contributed by atoms with Gasteiger partial charge in [-0.2, -0.15) is 4.31 Å². The predicted molar refractivity (Wildman–Crippen MR) is 133 cm³/mol. The molecule has 0 spiro atoms. The molecule has 7 nitrogen and oxygen atoms in total. The third kappa shape index (κ3) is 5.55. The van der Waals surface area contributed by atoms with Gasteiger partial charge in [-0.25, -0.2) is 13.2 Å². The Kier molecular flexibility index (Phi) is 7.23. The minimum absolute atomic E-state index is 0.0459. The molecule has 0 bridgehead atoms. The lowest BCUT2D eigenvalue weighted by molar-refractivity contribution is 0.0474. The van der Waals surface area contributed by atoms with Crippen LogP contribution in [0.5, 0.6) is 5.75 Å². The van der Waals surface area contributed by atoms with E-state index in [0.29, 0.717) is 18.7 Å². The van der Waals surface area contributed by atoms with E-state index in [4.69, 9.17) is 9.47 Å². The fraction of sp³-hybridized carbons (Fsp3) is 0.333. The third-order valence-electron chi connectivity index (χ3n) is 6.25. The van der Waals surface area contributed by atoms with Crippen molar-refractivity contribution >= 4 is 32.5 Å². The zero-order valence-corrected chi connectivity index (χ0v) is 20.9. The van der Waals surface area contributed by atoms with Crippen LogP contribution in [0.25, 0.3) is 10.8 Å². The van der Waals surface area contributed by atoms with Crippen molar-refractivity contribution in [1.29, 1.82) is 0 Å². The molecule has 0 N–H and O–H groups in total. The maximum atomic E-state index is 13.2. The minimum atomic E-state index is -3.73. The van der Waals surface area contributed by atoms with E-state index in [9.17, 15) is 18.0 Å². The van der Waals surface area contributed by atoms with Gasteiger partial charge in [-0.15, -0.1) is 0 Å². The summed E-state index contributed by atoms with van der Waals surface area (Å²) in [5.41, 5.74) is 0.503. The lowest BCUT2D eigenvalue weighted by Gasteiger charge is -2.34. The van der Waals surface area contributed by atoms with Crippen LogP contribution in [0.4, 0.5) is 0 Å². The first-order valence-corrected chi connectivity index (χ1v) is 13.0. The average Bonchev–Trinajstić information content (AvgIpc) is 2.85. The molecule has 0 amide bonds. The van der Waals surface area contributed by atoms with E-state index in [2.05, 4.69) is 0 Å². The molecule has 8 heteroatoms. The first-order chi connectivity index (χ1) is 16.7. The fourth-order valence-corrected chi connectivity index (χ4v) is 6.28. The van der Waals surface area contributed by atoms with Crippen molar-refractivity contribution in [2.24, 2.45) is 11.8 Å². The van der Waals surface area contributed by atoms with E-state index in [-0.39, 0.29) is 28.1 Å². The van der Waals surface area contributed by atoms with Crippen molar-refractivity contribution in [2.45, 2.75) is 25.2 Å². The van der Waals surface area contributed by atoms with Gasteiger partial charge in [0.2, 0.25) is 10.0 Å². The summed E-state index contributed by atoms with van der Waals surface area (Å²) < 4.78 is 38.2. The van der Waals surface area contributed by atoms with E-state index in [1.54, 1.807) is 19.2 Å². The van der Waals surface area contributed by atoms with Crippen LogP contribution in [0.3, 0.4) is 0 Å². The smallest absolute Gasteiger partial charge is 0.338 e. The van der Waals surface area contributed by atoms with E-state index in [1.807, 2.05) is 38.1 Å². The molecule has 0 aliphatic carbocycles. The van der Waals surface area contributed by atoms with Crippen LogP contribution < -0.4 is 4.74 Å². The molecule has 1 aliphatic rings. The van der Waals surface area contributed by atoms with Gasteiger partial charge < -0.3 is 9.47 Å². The maximum absolute atomic E-state index is 13.2. The number of piperidine rings is 1. The number of esters is 1. The lowest BCUT2D eigenvalue weighted by Crippen LogP contribution is -2.42. The van der Waals surface area contributed by atoms with Gasteiger partial charge in [0.05, 0.1) is 17.6 Å². The van der Waals surface area contributed by atoms with Crippen molar-refractivity contribution in [3.63, 3.8) is 0 Å². The molecule has 3 aromatic rings. The Morgan fingerprint density at radius 3 is 2.31 bits per heavy atom. The predicted octanol–water partition coefficient (Wildman–Crippen LogP) is 4.55. The lowest BCUT2D eigenvalue weighted by atomic mass is 9.94. The maximum Gasteiger partial charge on any atom is 0.338 e. The number of sulfonamides is 1. The summed E-state index contributed by atoms with van der Waals surface area (Å²) in [6.45, 7) is 4.53. The minimum Gasteiger partial charge on any atom is -0.497 e. The van der Waals surface area contributed by atoms with Crippen LogP contribution in [0.1, 0.15) is 41.0 Å². The van der Waals surface area contributed by atoms with Crippen LogP contribution in [-0.4, -0.2) is 51.3 Å². The van der Waals surface area contributed by atoms with Crippen molar-refractivity contribution in [2.75, 3.05) is 26.8 Å². The zero-order chi connectivity index (χ0) is 25.2. The van der Waals surface area contributed by atoms with Crippen LogP contribution in [-0.2, 0) is 14.8 Å². The number of carbonyl (C=O) groups is 2. The number of ether oxygens (including phenoxy) is 2. The highest BCUT2D eigenvalue weighted by Crippen LogP contribution is 2.27. The third-order valence-corrected chi connectivity index (χ3v) is 8.07. The first-order valence-electron chi connectivity index (χ1n) is 11.6. The SMILES string of the molecule is COc1ccc2cc(C(=O)COC(=O)c3cccc(S(=O)(=O)N4CC(C)CC(C)C4)c3)ccc2c1. The van der Waals surface area contributed by atoms with E-state index in [1.165, 1.54) is 28.6 Å². The molecule has 1 aliphatic heterocycles. The van der Waals surface area contributed by atoms with Gasteiger partial charge in [0, 0.05) is 18.7 Å². The summed E-state index contributed by atoms with van der Waals surface area (Å²) in [7, 11) is -2.14. The van der Waals surface area contributed by atoms with Gasteiger partial charge >= 0.3 is 5.97 Å². The second-order valence-electron chi connectivity index (χ2n) is 9.22. The van der Waals surface area contributed by atoms with Crippen LogP contribution in [0.2, 0.25) is 0 Å². The van der Waals surface area contributed by atoms with Crippen LogP contribution in [0.15, 0.2) is 65.6 Å².